The molecular formula is C30H34F2O2. The number of phenols is 1. The first kappa shape index (κ1) is 25.6. The van der Waals surface area contributed by atoms with Gasteiger partial charge in [-0.3, -0.25) is 0 Å². The van der Waals surface area contributed by atoms with Crippen LogP contribution in [-0.2, 0) is 4.74 Å². The molecular weight excluding hydrogens is 430 g/mol. The zero-order valence-electron chi connectivity index (χ0n) is 20.1. The molecule has 2 nitrogen and oxygen atoms in total. The quantitative estimate of drug-likeness (QED) is 0.271. The molecule has 180 valence electrons. The minimum atomic E-state index is -0.839. The minimum Gasteiger partial charge on any atom is -0.508 e. The Hall–Kier alpha value is -2.98. The van der Waals surface area contributed by atoms with E-state index in [4.69, 9.17) is 4.74 Å². The summed E-state index contributed by atoms with van der Waals surface area (Å²) in [4.78, 5) is 0. The molecule has 0 radical (unpaired) electrons. The molecule has 0 bridgehead atoms. The van der Waals surface area contributed by atoms with Gasteiger partial charge in [0, 0.05) is 17.7 Å². The molecule has 0 fully saturated rings. The van der Waals surface area contributed by atoms with E-state index in [1.54, 1.807) is 42.5 Å². The molecule has 3 aromatic rings. The monoisotopic (exact) mass is 464 g/mol. The number of hydrogen-bond donors (Lipinski definition) is 1. The summed E-state index contributed by atoms with van der Waals surface area (Å²) < 4.78 is 35.3. The van der Waals surface area contributed by atoms with Crippen LogP contribution in [0, 0.1) is 11.6 Å². The first-order valence-electron chi connectivity index (χ1n) is 12.2. The van der Waals surface area contributed by atoms with Crippen LogP contribution >= 0.6 is 0 Å². The molecule has 0 aromatic heterocycles. The van der Waals surface area contributed by atoms with Gasteiger partial charge in [-0.05, 0) is 61.4 Å². The fourth-order valence-electron chi connectivity index (χ4n) is 3.87. The third-order valence-electron chi connectivity index (χ3n) is 5.94. The first-order chi connectivity index (χ1) is 16.5. The number of phenolic OH excluding ortho intramolecular Hbond substituents is 1. The van der Waals surface area contributed by atoms with E-state index in [1.165, 1.54) is 12.8 Å². The molecule has 0 heterocycles. The molecule has 0 aliphatic heterocycles. The van der Waals surface area contributed by atoms with Crippen LogP contribution in [0.25, 0.3) is 28.3 Å². The molecule has 0 saturated carbocycles. The van der Waals surface area contributed by atoms with Crippen molar-refractivity contribution in [3.8, 4) is 28.0 Å². The van der Waals surface area contributed by atoms with Gasteiger partial charge in [0.05, 0.1) is 6.10 Å². The lowest BCUT2D eigenvalue weighted by Gasteiger charge is -2.12. The van der Waals surface area contributed by atoms with Crippen LogP contribution < -0.4 is 0 Å². The second-order valence-corrected chi connectivity index (χ2v) is 8.68. The summed E-state index contributed by atoms with van der Waals surface area (Å²) in [7, 11) is 0. The van der Waals surface area contributed by atoms with Crippen LogP contribution in [0.15, 0.2) is 66.7 Å². The number of halogens is 2. The maximum atomic E-state index is 14.8. The Bertz CT molecular complexity index is 1060. The van der Waals surface area contributed by atoms with Gasteiger partial charge in [-0.2, -0.15) is 0 Å². The zero-order chi connectivity index (χ0) is 24.3. The highest BCUT2D eigenvalue weighted by Crippen LogP contribution is 2.30. The summed E-state index contributed by atoms with van der Waals surface area (Å²) in [6, 6.07) is 17.4. The van der Waals surface area contributed by atoms with Crippen molar-refractivity contribution in [2.24, 2.45) is 0 Å². The van der Waals surface area contributed by atoms with Gasteiger partial charge in [0.1, 0.15) is 5.75 Å². The molecule has 3 rings (SSSR count). The standard InChI is InChI=1S/C30H34F2O2/c1-3-4-8-21-34-22(2)9-6-5-7-10-26-17-20-28(30(32)29(26)31)25-13-11-23(12-14-25)24-15-18-27(33)19-16-24/h7,10-20,22,33H,3-6,8-9,21H2,1-2H3/b10-7+. The Labute approximate surface area is 201 Å². The van der Waals surface area contributed by atoms with E-state index < -0.39 is 11.6 Å². The van der Waals surface area contributed by atoms with Crippen molar-refractivity contribution in [3.05, 3.63) is 83.9 Å². The van der Waals surface area contributed by atoms with Gasteiger partial charge in [-0.1, -0.05) is 80.4 Å². The minimum absolute atomic E-state index is 0.202. The van der Waals surface area contributed by atoms with Crippen molar-refractivity contribution in [1.82, 2.24) is 0 Å². The van der Waals surface area contributed by atoms with Crippen LogP contribution in [0.4, 0.5) is 8.78 Å². The van der Waals surface area contributed by atoms with Gasteiger partial charge >= 0.3 is 0 Å². The van der Waals surface area contributed by atoms with Gasteiger partial charge in [-0.15, -0.1) is 0 Å². The summed E-state index contributed by atoms with van der Waals surface area (Å²) in [5, 5.41) is 9.43. The fraction of sp³-hybridized carbons (Fsp3) is 0.333. The van der Waals surface area contributed by atoms with E-state index in [9.17, 15) is 13.9 Å². The molecule has 34 heavy (non-hydrogen) atoms. The van der Waals surface area contributed by atoms with Gasteiger partial charge in [0.25, 0.3) is 0 Å². The highest BCUT2D eigenvalue weighted by Gasteiger charge is 2.13. The molecule has 1 unspecified atom stereocenters. The molecule has 0 spiro atoms. The van der Waals surface area contributed by atoms with Crippen LogP contribution in [-0.4, -0.2) is 17.8 Å². The van der Waals surface area contributed by atoms with Crippen molar-refractivity contribution in [1.29, 1.82) is 0 Å². The van der Waals surface area contributed by atoms with Gasteiger partial charge in [0.15, 0.2) is 11.6 Å². The van der Waals surface area contributed by atoms with E-state index in [-0.39, 0.29) is 23.0 Å². The second-order valence-electron chi connectivity index (χ2n) is 8.68. The van der Waals surface area contributed by atoms with Crippen molar-refractivity contribution >= 4 is 6.08 Å². The average Bonchev–Trinajstić information content (AvgIpc) is 2.85. The normalized spacial score (nSPS) is 12.4. The van der Waals surface area contributed by atoms with Crippen LogP contribution in [0.3, 0.4) is 0 Å². The highest BCUT2D eigenvalue weighted by molar-refractivity contribution is 5.72. The number of aromatic hydroxyl groups is 1. The van der Waals surface area contributed by atoms with E-state index in [0.717, 1.165) is 43.4 Å². The predicted molar refractivity (Wildman–Crippen MR) is 137 cm³/mol. The lowest BCUT2D eigenvalue weighted by Crippen LogP contribution is -2.08. The maximum absolute atomic E-state index is 14.8. The molecule has 0 amide bonds. The van der Waals surface area contributed by atoms with Crippen molar-refractivity contribution in [2.45, 2.75) is 58.5 Å². The topological polar surface area (TPSA) is 29.5 Å². The maximum Gasteiger partial charge on any atom is 0.167 e. The number of allylic oxidation sites excluding steroid dienone is 1. The summed E-state index contributed by atoms with van der Waals surface area (Å²) in [5.41, 5.74) is 2.98. The first-order valence-corrected chi connectivity index (χ1v) is 12.2. The Morgan fingerprint density at radius 3 is 2.15 bits per heavy atom. The Kier molecular flexibility index (Phi) is 9.84. The third-order valence-corrected chi connectivity index (χ3v) is 5.94. The van der Waals surface area contributed by atoms with E-state index in [0.29, 0.717) is 5.56 Å². The number of hydrogen-bond acceptors (Lipinski definition) is 2. The number of rotatable bonds is 12. The summed E-state index contributed by atoms with van der Waals surface area (Å²) in [6.45, 7) is 5.07. The summed E-state index contributed by atoms with van der Waals surface area (Å²) >= 11 is 0. The lowest BCUT2D eigenvalue weighted by molar-refractivity contribution is 0.0566. The van der Waals surface area contributed by atoms with Crippen LogP contribution in [0.5, 0.6) is 5.75 Å². The number of unbranched alkanes of at least 4 members (excludes halogenated alkanes) is 3. The number of benzene rings is 3. The molecule has 0 aliphatic rings. The SMILES string of the molecule is CCCCCOC(C)CCC/C=C/c1ccc(-c2ccc(-c3ccc(O)cc3)cc2)c(F)c1F. The zero-order valence-corrected chi connectivity index (χ0v) is 20.1. The van der Waals surface area contributed by atoms with E-state index in [2.05, 4.69) is 13.8 Å². The smallest absolute Gasteiger partial charge is 0.167 e. The predicted octanol–water partition coefficient (Wildman–Crippen LogP) is 8.78. The Morgan fingerprint density at radius 2 is 1.47 bits per heavy atom. The lowest BCUT2D eigenvalue weighted by atomic mass is 9.98. The van der Waals surface area contributed by atoms with E-state index >= 15 is 0 Å². The fourth-order valence-corrected chi connectivity index (χ4v) is 3.87. The molecule has 0 aliphatic carbocycles. The van der Waals surface area contributed by atoms with Crippen LogP contribution in [0.2, 0.25) is 0 Å². The Morgan fingerprint density at radius 1 is 0.824 bits per heavy atom. The largest absolute Gasteiger partial charge is 0.508 e. The van der Waals surface area contributed by atoms with Crippen molar-refractivity contribution < 1.29 is 18.6 Å². The second kappa shape index (κ2) is 13.0. The highest BCUT2D eigenvalue weighted by atomic mass is 19.2. The summed E-state index contributed by atoms with van der Waals surface area (Å²) in [6.07, 6.45) is 9.95. The van der Waals surface area contributed by atoms with Gasteiger partial charge in [0.2, 0.25) is 0 Å². The molecule has 4 heteroatoms. The van der Waals surface area contributed by atoms with Crippen molar-refractivity contribution in [3.63, 3.8) is 0 Å². The third kappa shape index (κ3) is 7.26. The van der Waals surface area contributed by atoms with Gasteiger partial charge in [-0.25, -0.2) is 8.78 Å². The molecule has 1 N–H and O–H groups in total. The molecule has 0 saturated heterocycles. The van der Waals surface area contributed by atoms with E-state index in [1.807, 2.05) is 30.3 Å². The summed E-state index contributed by atoms with van der Waals surface area (Å²) in [5.74, 6) is -1.47. The van der Waals surface area contributed by atoms with Crippen LogP contribution in [0.1, 0.15) is 57.9 Å². The average molecular weight is 465 g/mol. The van der Waals surface area contributed by atoms with Gasteiger partial charge < -0.3 is 9.84 Å². The Balaban J connectivity index is 1.56. The molecule has 3 aromatic carbocycles. The molecule has 1 atom stereocenters. The van der Waals surface area contributed by atoms with Crippen molar-refractivity contribution in [2.75, 3.05) is 6.61 Å². The number of ether oxygens (including phenoxy) is 1.